The van der Waals surface area contributed by atoms with E-state index in [0.717, 1.165) is 12.6 Å². The number of hydrogen-bond donors (Lipinski definition) is 0. The maximum absolute atomic E-state index is 3.90. The predicted octanol–water partition coefficient (Wildman–Crippen LogP) is 4.30. The van der Waals surface area contributed by atoms with Crippen LogP contribution in [0.25, 0.3) is 5.57 Å². The summed E-state index contributed by atoms with van der Waals surface area (Å²) in [5.41, 5.74) is 2.96. The second-order valence-electron chi connectivity index (χ2n) is 5.40. The Morgan fingerprint density at radius 3 is 2.68 bits per heavy atom. The van der Waals surface area contributed by atoms with Crippen LogP contribution in [-0.2, 0) is 0 Å². The summed E-state index contributed by atoms with van der Waals surface area (Å²) in [6.07, 6.45) is 9.77. The highest BCUT2D eigenvalue weighted by molar-refractivity contribution is 5.85. The molecule has 1 fully saturated rings. The number of nitrogens with zero attached hydrogens (tertiary/aromatic N) is 1. The third kappa shape index (κ3) is 2.93. The van der Waals surface area contributed by atoms with Gasteiger partial charge >= 0.3 is 0 Å². The van der Waals surface area contributed by atoms with Gasteiger partial charge in [-0.1, -0.05) is 48.9 Å². The molecule has 3 rings (SSSR count). The number of halogens is 1. The fourth-order valence-electron chi connectivity index (χ4n) is 3.42. The molecule has 1 saturated heterocycles. The maximum atomic E-state index is 3.90. The van der Waals surface area contributed by atoms with E-state index in [4.69, 9.17) is 0 Å². The Balaban J connectivity index is 0.00000133. The third-order valence-corrected chi connectivity index (χ3v) is 4.27. The molecule has 2 bridgehead atoms. The van der Waals surface area contributed by atoms with Crippen LogP contribution in [0.5, 0.6) is 0 Å². The number of rotatable bonds is 3. The first-order valence-corrected chi connectivity index (χ1v) is 7.01. The van der Waals surface area contributed by atoms with Crippen LogP contribution in [0, 0.1) is 0 Å². The Hall–Kier alpha value is -1.05. The van der Waals surface area contributed by atoms with Crippen LogP contribution in [0.1, 0.15) is 31.2 Å². The molecular formula is C17H22ClN. The van der Waals surface area contributed by atoms with E-state index in [1.165, 1.54) is 31.2 Å². The summed E-state index contributed by atoms with van der Waals surface area (Å²) < 4.78 is 0. The fourth-order valence-corrected chi connectivity index (χ4v) is 3.42. The van der Waals surface area contributed by atoms with Crippen molar-refractivity contribution < 1.29 is 0 Å². The monoisotopic (exact) mass is 275 g/mol. The van der Waals surface area contributed by atoms with Crippen molar-refractivity contribution in [3.63, 3.8) is 0 Å². The quantitative estimate of drug-likeness (QED) is 0.743. The first-order valence-electron chi connectivity index (χ1n) is 7.01. The van der Waals surface area contributed by atoms with Crippen LogP contribution in [0.3, 0.4) is 0 Å². The molecular weight excluding hydrogens is 254 g/mol. The van der Waals surface area contributed by atoms with Crippen LogP contribution in [-0.4, -0.2) is 23.5 Å². The molecule has 0 radical (unpaired) electrons. The van der Waals surface area contributed by atoms with Crippen molar-refractivity contribution in [2.45, 2.75) is 37.8 Å². The van der Waals surface area contributed by atoms with Crippen LogP contribution in [0.15, 0.2) is 49.1 Å². The van der Waals surface area contributed by atoms with Crippen molar-refractivity contribution in [1.29, 1.82) is 0 Å². The maximum Gasteiger partial charge on any atom is 0.0290 e. The van der Waals surface area contributed by atoms with Crippen molar-refractivity contribution in [1.82, 2.24) is 4.90 Å². The molecule has 1 nitrogen and oxygen atoms in total. The van der Waals surface area contributed by atoms with E-state index in [2.05, 4.69) is 47.9 Å². The van der Waals surface area contributed by atoms with Gasteiger partial charge in [0.2, 0.25) is 0 Å². The molecule has 19 heavy (non-hydrogen) atoms. The molecule has 0 aliphatic carbocycles. The van der Waals surface area contributed by atoms with E-state index in [-0.39, 0.29) is 12.4 Å². The lowest BCUT2D eigenvalue weighted by molar-refractivity contribution is 0.118. The molecule has 102 valence electrons. The van der Waals surface area contributed by atoms with Crippen LogP contribution >= 0.6 is 12.4 Å². The summed E-state index contributed by atoms with van der Waals surface area (Å²) in [5, 5.41) is 0. The Morgan fingerprint density at radius 2 is 2.00 bits per heavy atom. The summed E-state index contributed by atoms with van der Waals surface area (Å²) in [6.45, 7) is 4.93. The molecule has 0 amide bonds. The van der Waals surface area contributed by atoms with Crippen LogP contribution in [0.2, 0.25) is 0 Å². The van der Waals surface area contributed by atoms with Gasteiger partial charge in [-0.3, -0.25) is 4.90 Å². The van der Waals surface area contributed by atoms with Crippen molar-refractivity contribution in [2.75, 3.05) is 6.54 Å². The Kier molecular flexibility index (Phi) is 4.84. The summed E-state index contributed by atoms with van der Waals surface area (Å²) in [6, 6.07) is 12.2. The lowest BCUT2D eigenvalue weighted by atomic mass is 9.83. The highest BCUT2D eigenvalue weighted by atomic mass is 35.5. The van der Waals surface area contributed by atoms with E-state index < -0.39 is 0 Å². The number of benzene rings is 1. The summed E-state index contributed by atoms with van der Waals surface area (Å²) in [5.74, 6) is 0. The second kappa shape index (κ2) is 6.40. The Labute approximate surface area is 122 Å². The van der Waals surface area contributed by atoms with Gasteiger partial charge in [-0.25, -0.2) is 0 Å². The van der Waals surface area contributed by atoms with Crippen LogP contribution in [0.4, 0.5) is 0 Å². The molecule has 2 aliphatic heterocycles. The highest BCUT2D eigenvalue weighted by Gasteiger charge is 2.33. The first kappa shape index (κ1) is 14.4. The van der Waals surface area contributed by atoms with Gasteiger partial charge in [0.25, 0.3) is 0 Å². The fraction of sp³-hybridized carbons (Fsp3) is 0.412. The molecule has 0 spiro atoms. The predicted molar refractivity (Wildman–Crippen MR) is 84.6 cm³/mol. The van der Waals surface area contributed by atoms with Gasteiger partial charge in [-0.2, -0.15) is 0 Å². The van der Waals surface area contributed by atoms with Crippen molar-refractivity contribution in [2.24, 2.45) is 0 Å². The molecule has 2 aliphatic rings. The summed E-state index contributed by atoms with van der Waals surface area (Å²) >= 11 is 0. The van der Waals surface area contributed by atoms with E-state index in [9.17, 15) is 0 Å². The number of piperidine rings is 1. The zero-order valence-electron chi connectivity index (χ0n) is 11.3. The van der Waals surface area contributed by atoms with E-state index >= 15 is 0 Å². The lowest BCUT2D eigenvalue weighted by Gasteiger charge is -2.44. The van der Waals surface area contributed by atoms with Crippen molar-refractivity contribution in [3.8, 4) is 0 Å². The largest absolute Gasteiger partial charge is 0.290 e. The topological polar surface area (TPSA) is 3.24 Å². The van der Waals surface area contributed by atoms with E-state index in [1.807, 2.05) is 6.08 Å². The smallest absolute Gasteiger partial charge is 0.0290 e. The Morgan fingerprint density at radius 1 is 1.21 bits per heavy atom. The minimum atomic E-state index is 0. The van der Waals surface area contributed by atoms with Crippen LogP contribution < -0.4 is 0 Å². The van der Waals surface area contributed by atoms with Gasteiger partial charge in [-0.05, 0) is 30.4 Å². The van der Waals surface area contributed by atoms with Crippen molar-refractivity contribution >= 4 is 18.0 Å². The van der Waals surface area contributed by atoms with Gasteiger partial charge in [0, 0.05) is 18.6 Å². The van der Waals surface area contributed by atoms with E-state index in [1.54, 1.807) is 5.57 Å². The third-order valence-electron chi connectivity index (χ3n) is 4.27. The standard InChI is InChI=1S/C17H21N.ClH/c1-2-11-18-16-9-6-10-17(18)13-15(12-16)14-7-4-3-5-8-14;/h2-5,7-8,12,16-17H,1,6,9-11,13H2;1H. The molecule has 2 atom stereocenters. The molecule has 2 heterocycles. The SMILES string of the molecule is C=CCN1C2C=C(c3ccccc3)CC1CCC2.Cl. The minimum Gasteiger partial charge on any atom is -0.290 e. The highest BCUT2D eigenvalue weighted by Crippen LogP contribution is 2.36. The van der Waals surface area contributed by atoms with Gasteiger partial charge in [0.05, 0.1) is 0 Å². The van der Waals surface area contributed by atoms with Crippen molar-refractivity contribution in [3.05, 3.63) is 54.6 Å². The molecule has 2 heteroatoms. The van der Waals surface area contributed by atoms with E-state index in [0.29, 0.717) is 6.04 Å². The van der Waals surface area contributed by atoms with Gasteiger partial charge in [-0.15, -0.1) is 19.0 Å². The van der Waals surface area contributed by atoms with Gasteiger partial charge < -0.3 is 0 Å². The molecule has 0 aromatic heterocycles. The summed E-state index contributed by atoms with van der Waals surface area (Å²) in [4.78, 5) is 2.63. The number of fused-ring (bicyclic) bond motifs is 2. The minimum absolute atomic E-state index is 0. The Bertz CT molecular complexity index is 452. The molecule has 2 unspecified atom stereocenters. The first-order chi connectivity index (χ1) is 8.88. The van der Waals surface area contributed by atoms with Gasteiger partial charge in [0.15, 0.2) is 0 Å². The second-order valence-corrected chi connectivity index (χ2v) is 5.40. The normalized spacial score (nSPS) is 26.2. The molecule has 1 aromatic rings. The average molecular weight is 276 g/mol. The average Bonchev–Trinajstić information content (AvgIpc) is 2.40. The zero-order chi connectivity index (χ0) is 12.4. The number of hydrogen-bond acceptors (Lipinski definition) is 1. The summed E-state index contributed by atoms with van der Waals surface area (Å²) in [7, 11) is 0. The molecule has 1 aromatic carbocycles. The zero-order valence-corrected chi connectivity index (χ0v) is 12.1. The molecule has 0 N–H and O–H groups in total. The lowest BCUT2D eigenvalue weighted by Crippen LogP contribution is -2.48. The van der Waals surface area contributed by atoms with Gasteiger partial charge in [0.1, 0.15) is 0 Å². The molecule has 0 saturated carbocycles.